The summed E-state index contributed by atoms with van der Waals surface area (Å²) in [4.78, 5) is 40.4. The Morgan fingerprint density at radius 1 is 1.10 bits per heavy atom. The van der Waals surface area contributed by atoms with Crippen molar-refractivity contribution < 1.29 is 14.4 Å². The molecule has 7 N–H and O–H groups in total. The van der Waals surface area contributed by atoms with Gasteiger partial charge in [0.15, 0.2) is 0 Å². The fraction of sp³-hybridized carbons (Fsp3) is 0.379. The van der Waals surface area contributed by atoms with Crippen LogP contribution in [0.3, 0.4) is 0 Å². The summed E-state index contributed by atoms with van der Waals surface area (Å²) >= 11 is 0. The molecule has 4 rings (SSSR count). The Labute approximate surface area is 228 Å². The zero-order valence-corrected chi connectivity index (χ0v) is 22.2. The molecule has 39 heavy (non-hydrogen) atoms. The van der Waals surface area contributed by atoms with E-state index < -0.39 is 17.4 Å². The van der Waals surface area contributed by atoms with Crippen LogP contribution in [-0.2, 0) is 27.8 Å². The lowest BCUT2D eigenvalue weighted by Gasteiger charge is -2.35. The fourth-order valence-electron chi connectivity index (χ4n) is 5.82. The van der Waals surface area contributed by atoms with Crippen molar-refractivity contribution in [3.8, 4) is 6.07 Å². The second-order valence-electron chi connectivity index (χ2n) is 10.0. The van der Waals surface area contributed by atoms with Gasteiger partial charge in [-0.3, -0.25) is 19.8 Å². The molecule has 1 saturated heterocycles. The first-order chi connectivity index (χ1) is 18.7. The van der Waals surface area contributed by atoms with Crippen LogP contribution in [0, 0.1) is 11.3 Å². The van der Waals surface area contributed by atoms with E-state index in [0.29, 0.717) is 50.0 Å². The highest BCUT2D eigenvalue weighted by molar-refractivity contribution is 5.96. The number of primary amides is 1. The lowest BCUT2D eigenvalue weighted by atomic mass is 9.69. The van der Waals surface area contributed by atoms with E-state index in [0.717, 1.165) is 34.2 Å². The molecule has 2 atom stereocenters. The summed E-state index contributed by atoms with van der Waals surface area (Å²) in [6, 6.07) is 12.8. The van der Waals surface area contributed by atoms with Crippen molar-refractivity contribution in [2.75, 3.05) is 26.7 Å². The molecule has 3 amide bonds. The van der Waals surface area contributed by atoms with Crippen LogP contribution in [0.2, 0.25) is 0 Å². The lowest BCUT2D eigenvalue weighted by Crippen LogP contribution is -2.51. The predicted octanol–water partition coefficient (Wildman–Crippen LogP) is 0.844. The first-order valence-electron chi connectivity index (χ1n) is 13.1. The number of nitrogens with zero attached hydrogens (tertiary/aromatic N) is 2. The number of amides is 3. The predicted molar refractivity (Wildman–Crippen MR) is 148 cm³/mol. The number of hydrazine groups is 1. The summed E-state index contributed by atoms with van der Waals surface area (Å²) < 4.78 is 0. The molecule has 1 aliphatic carbocycles. The SMILES string of the molecule is C=C(N)c1ccc2c(c1)CCc1cc(C(N)=O)ccc1C2(CCNCC(=O)N1CCC[C@H]1C#N)C(=O)NNC. The largest absolute Gasteiger partial charge is 0.399 e. The zero-order chi connectivity index (χ0) is 28.2. The zero-order valence-electron chi connectivity index (χ0n) is 22.2. The number of carbonyl (C=O) groups is 3. The molecule has 0 bridgehead atoms. The summed E-state index contributed by atoms with van der Waals surface area (Å²) in [5.41, 5.74) is 21.0. The molecule has 0 radical (unpaired) electrons. The molecule has 10 nitrogen and oxygen atoms in total. The van der Waals surface area contributed by atoms with Gasteiger partial charge in [-0.15, -0.1) is 0 Å². The van der Waals surface area contributed by atoms with Crippen molar-refractivity contribution in [1.29, 1.82) is 5.26 Å². The number of hydrogen-bond donors (Lipinski definition) is 5. The Morgan fingerprint density at radius 3 is 2.33 bits per heavy atom. The van der Waals surface area contributed by atoms with Crippen LogP contribution in [0.4, 0.5) is 0 Å². The topological polar surface area (TPSA) is 166 Å². The molecule has 2 aromatic rings. The van der Waals surface area contributed by atoms with Crippen LogP contribution in [0.15, 0.2) is 43.0 Å². The maximum Gasteiger partial charge on any atom is 0.249 e. The summed E-state index contributed by atoms with van der Waals surface area (Å²) in [5.74, 6) is -0.936. The quantitative estimate of drug-likeness (QED) is 0.237. The lowest BCUT2D eigenvalue weighted by molar-refractivity contribution is -0.130. The van der Waals surface area contributed by atoms with Crippen molar-refractivity contribution in [2.45, 2.75) is 43.6 Å². The van der Waals surface area contributed by atoms with Crippen molar-refractivity contribution in [3.63, 3.8) is 0 Å². The van der Waals surface area contributed by atoms with Crippen molar-refractivity contribution in [3.05, 3.63) is 76.4 Å². The van der Waals surface area contributed by atoms with Crippen LogP contribution in [0.5, 0.6) is 0 Å². The number of nitrogens with two attached hydrogens (primary N) is 2. The molecular formula is C29H35N7O3. The number of rotatable bonds is 9. The third kappa shape index (κ3) is 5.37. The summed E-state index contributed by atoms with van der Waals surface area (Å²) in [5, 5.41) is 12.5. The highest BCUT2D eigenvalue weighted by Crippen LogP contribution is 2.43. The first-order valence-corrected chi connectivity index (χ1v) is 13.1. The smallest absolute Gasteiger partial charge is 0.249 e. The fourth-order valence-corrected chi connectivity index (χ4v) is 5.82. The molecule has 0 spiro atoms. The molecule has 204 valence electrons. The van der Waals surface area contributed by atoms with E-state index in [-0.39, 0.29) is 18.4 Å². The van der Waals surface area contributed by atoms with Gasteiger partial charge in [0, 0.05) is 24.9 Å². The second-order valence-corrected chi connectivity index (χ2v) is 10.0. The summed E-state index contributed by atoms with van der Waals surface area (Å²) in [7, 11) is 1.63. The van der Waals surface area contributed by atoms with Gasteiger partial charge in [0.05, 0.1) is 12.6 Å². The number of benzene rings is 2. The van der Waals surface area contributed by atoms with Crippen LogP contribution < -0.4 is 27.6 Å². The molecule has 1 aliphatic heterocycles. The average Bonchev–Trinajstić information content (AvgIpc) is 3.36. The molecule has 2 aromatic carbocycles. The van der Waals surface area contributed by atoms with Gasteiger partial charge in [-0.2, -0.15) is 5.26 Å². The molecule has 0 aromatic heterocycles. The number of fused-ring (bicyclic) bond motifs is 2. The van der Waals surface area contributed by atoms with Crippen LogP contribution >= 0.6 is 0 Å². The summed E-state index contributed by atoms with van der Waals surface area (Å²) in [6.45, 7) is 4.84. The number of likely N-dealkylation sites (tertiary alicyclic amines) is 1. The summed E-state index contributed by atoms with van der Waals surface area (Å²) in [6.07, 6.45) is 3.04. The van der Waals surface area contributed by atoms with Gasteiger partial charge >= 0.3 is 0 Å². The molecule has 0 saturated carbocycles. The van der Waals surface area contributed by atoms with E-state index in [4.69, 9.17) is 11.5 Å². The van der Waals surface area contributed by atoms with E-state index in [1.165, 1.54) is 0 Å². The molecule has 1 unspecified atom stereocenters. The van der Waals surface area contributed by atoms with E-state index >= 15 is 0 Å². The number of nitrogens with one attached hydrogen (secondary N) is 3. The first kappa shape index (κ1) is 27.8. The monoisotopic (exact) mass is 529 g/mol. The maximum atomic E-state index is 14.0. The molecular weight excluding hydrogens is 494 g/mol. The van der Waals surface area contributed by atoms with Crippen LogP contribution in [0.1, 0.15) is 57.4 Å². The number of nitriles is 1. The van der Waals surface area contributed by atoms with Gasteiger partial charge in [0.25, 0.3) is 0 Å². The minimum absolute atomic E-state index is 0.0637. The van der Waals surface area contributed by atoms with Gasteiger partial charge in [0.2, 0.25) is 17.7 Å². The number of aryl methyl sites for hydroxylation is 2. The second kappa shape index (κ2) is 11.7. The van der Waals surface area contributed by atoms with E-state index in [1.807, 2.05) is 24.3 Å². The molecule has 2 aliphatic rings. The minimum atomic E-state index is -1.15. The van der Waals surface area contributed by atoms with Gasteiger partial charge in [-0.25, -0.2) is 5.43 Å². The Hall–Kier alpha value is -4.20. The third-order valence-corrected chi connectivity index (χ3v) is 7.75. The number of carbonyl (C=O) groups excluding carboxylic acids is 3. The Balaban J connectivity index is 1.74. The van der Waals surface area contributed by atoms with Crippen molar-refractivity contribution in [1.82, 2.24) is 21.1 Å². The normalized spacial score (nSPS) is 19.8. The van der Waals surface area contributed by atoms with Crippen molar-refractivity contribution in [2.24, 2.45) is 11.5 Å². The number of hydrogen-bond acceptors (Lipinski definition) is 7. The van der Waals surface area contributed by atoms with Crippen molar-refractivity contribution >= 4 is 23.4 Å². The average molecular weight is 530 g/mol. The van der Waals surface area contributed by atoms with E-state index in [1.54, 1.807) is 24.1 Å². The van der Waals surface area contributed by atoms with Gasteiger partial charge in [0.1, 0.15) is 11.5 Å². The minimum Gasteiger partial charge on any atom is -0.399 e. The third-order valence-electron chi connectivity index (χ3n) is 7.75. The van der Waals surface area contributed by atoms with E-state index in [9.17, 15) is 19.6 Å². The highest BCUT2D eigenvalue weighted by atomic mass is 16.2. The van der Waals surface area contributed by atoms with Gasteiger partial charge < -0.3 is 21.7 Å². The molecule has 1 heterocycles. The Kier molecular flexibility index (Phi) is 8.33. The van der Waals surface area contributed by atoms with E-state index in [2.05, 4.69) is 28.8 Å². The van der Waals surface area contributed by atoms with Crippen LogP contribution in [-0.4, -0.2) is 55.3 Å². The molecule has 1 fully saturated rings. The van der Waals surface area contributed by atoms with Gasteiger partial charge in [-0.05, 0) is 84.7 Å². The highest BCUT2D eigenvalue weighted by Gasteiger charge is 2.45. The van der Waals surface area contributed by atoms with Gasteiger partial charge in [-0.1, -0.05) is 24.8 Å². The maximum absolute atomic E-state index is 14.0. The molecule has 10 heteroatoms. The standard InChI is InChI=1S/C29H35N7O3/c1-18(31)19-7-9-24-20(14-19)5-6-21-15-22(27(32)38)8-10-25(21)29(24,28(39)35-33-2)11-12-34-17-26(37)36-13-3-4-23(36)16-30/h7-10,14-15,23,33-34H,1,3-6,11-13,17,31H2,2H3,(H2,32,38)(H,35,39)/t23-,29?/m0/s1. The Bertz CT molecular complexity index is 1280. The van der Waals surface area contributed by atoms with Crippen LogP contribution in [0.25, 0.3) is 5.70 Å². The Morgan fingerprint density at radius 2 is 1.74 bits per heavy atom.